The number of carbonyl (C=O) groups is 1. The summed E-state index contributed by atoms with van der Waals surface area (Å²) < 4.78 is 1.86. The first-order chi connectivity index (χ1) is 12.1. The molecule has 3 aromatic rings. The molecule has 2 aromatic heterocycles. The molecule has 0 radical (unpaired) electrons. The largest absolute Gasteiger partial charge is 0.478 e. The van der Waals surface area contributed by atoms with Crippen LogP contribution >= 0.6 is 11.3 Å². The molecule has 0 saturated carbocycles. The number of nitrogens with one attached hydrogen (secondary N) is 1. The Morgan fingerprint density at radius 3 is 2.92 bits per heavy atom. The third-order valence-corrected chi connectivity index (χ3v) is 5.45. The first-order valence-electron chi connectivity index (χ1n) is 8.40. The molecule has 128 valence electrons. The molecule has 5 nitrogen and oxygen atoms in total. The van der Waals surface area contributed by atoms with Gasteiger partial charge in [0.2, 0.25) is 0 Å². The summed E-state index contributed by atoms with van der Waals surface area (Å²) in [5.74, 6) is 0.0586. The van der Waals surface area contributed by atoms with Gasteiger partial charge in [0.25, 0.3) is 0 Å². The molecular weight excluding hydrogens is 334 g/mol. The number of fused-ring (bicyclic) bond motifs is 1. The molecule has 0 aliphatic carbocycles. The zero-order valence-electron chi connectivity index (χ0n) is 14.0. The molecule has 0 amide bonds. The normalized spacial score (nSPS) is 13.8. The number of benzene rings is 1. The van der Waals surface area contributed by atoms with E-state index < -0.39 is 5.97 Å². The fourth-order valence-corrected chi connectivity index (χ4v) is 4.10. The molecule has 3 heterocycles. The quantitative estimate of drug-likeness (QED) is 0.734. The number of nitrogens with zero attached hydrogens (tertiary/aromatic N) is 2. The number of aromatic carboxylic acids is 1. The van der Waals surface area contributed by atoms with Gasteiger partial charge in [-0.25, -0.2) is 9.48 Å². The van der Waals surface area contributed by atoms with Gasteiger partial charge in [0.05, 0.1) is 16.1 Å². The van der Waals surface area contributed by atoms with Crippen LogP contribution in [-0.4, -0.2) is 27.4 Å². The summed E-state index contributed by atoms with van der Waals surface area (Å²) in [5, 5.41) is 17.6. The van der Waals surface area contributed by atoms with Gasteiger partial charge in [0.15, 0.2) is 0 Å². The fraction of sp³-hybridized carbons (Fsp3) is 0.263. The minimum Gasteiger partial charge on any atom is -0.478 e. The van der Waals surface area contributed by atoms with Gasteiger partial charge in [-0.15, -0.1) is 11.3 Å². The highest BCUT2D eigenvalue weighted by Crippen LogP contribution is 2.36. The third-order valence-electron chi connectivity index (χ3n) is 4.44. The smallest absolute Gasteiger partial charge is 0.335 e. The van der Waals surface area contributed by atoms with Gasteiger partial charge in [-0.05, 0) is 56.5 Å². The van der Waals surface area contributed by atoms with E-state index in [1.165, 1.54) is 10.4 Å². The zero-order chi connectivity index (χ0) is 17.4. The standard InChI is InChI=1S/C19H19N3O2S/c1-12-8-9-16(25-12)17-15-7-2-3-10-20-18(15)22(21-17)14-6-4-5-13(11-14)19(23)24/h4-6,8-9,11,20H,2-3,7,10H2,1H3,(H,23,24). The van der Waals surface area contributed by atoms with E-state index in [0.717, 1.165) is 47.9 Å². The number of hydrogen-bond acceptors (Lipinski definition) is 4. The van der Waals surface area contributed by atoms with E-state index in [-0.39, 0.29) is 5.56 Å². The topological polar surface area (TPSA) is 67.2 Å². The van der Waals surface area contributed by atoms with Crippen molar-refractivity contribution in [3.63, 3.8) is 0 Å². The van der Waals surface area contributed by atoms with Crippen LogP contribution < -0.4 is 5.32 Å². The molecular formula is C19H19N3O2S. The highest BCUT2D eigenvalue weighted by molar-refractivity contribution is 7.15. The van der Waals surface area contributed by atoms with Gasteiger partial charge < -0.3 is 10.4 Å². The first kappa shape index (κ1) is 15.9. The van der Waals surface area contributed by atoms with Crippen LogP contribution in [-0.2, 0) is 6.42 Å². The van der Waals surface area contributed by atoms with E-state index in [9.17, 15) is 9.90 Å². The van der Waals surface area contributed by atoms with E-state index in [0.29, 0.717) is 0 Å². The average Bonchev–Trinajstić information content (AvgIpc) is 3.10. The first-order valence-corrected chi connectivity index (χ1v) is 9.21. The van der Waals surface area contributed by atoms with E-state index in [2.05, 4.69) is 24.4 Å². The molecule has 1 aromatic carbocycles. The van der Waals surface area contributed by atoms with Crippen LogP contribution in [0.25, 0.3) is 16.3 Å². The number of thiophene rings is 1. The van der Waals surface area contributed by atoms with Gasteiger partial charge in [-0.1, -0.05) is 6.07 Å². The number of hydrogen-bond donors (Lipinski definition) is 2. The Labute approximate surface area is 149 Å². The lowest BCUT2D eigenvalue weighted by molar-refractivity contribution is 0.0697. The van der Waals surface area contributed by atoms with Crippen molar-refractivity contribution >= 4 is 23.1 Å². The van der Waals surface area contributed by atoms with Crippen LogP contribution in [0, 0.1) is 6.92 Å². The van der Waals surface area contributed by atoms with Crippen LogP contribution in [0.2, 0.25) is 0 Å². The maximum Gasteiger partial charge on any atom is 0.335 e. The number of carboxylic acids is 1. The second-order valence-electron chi connectivity index (χ2n) is 6.24. The summed E-state index contributed by atoms with van der Waals surface area (Å²) in [5.41, 5.74) is 3.26. The highest BCUT2D eigenvalue weighted by atomic mass is 32.1. The number of rotatable bonds is 3. The Kier molecular flexibility index (Phi) is 4.05. The maximum absolute atomic E-state index is 11.3. The molecule has 1 aliphatic rings. The van der Waals surface area contributed by atoms with Crippen LogP contribution in [0.3, 0.4) is 0 Å². The highest BCUT2D eigenvalue weighted by Gasteiger charge is 2.22. The number of aromatic nitrogens is 2. The van der Waals surface area contributed by atoms with Crippen molar-refractivity contribution in [2.75, 3.05) is 11.9 Å². The molecule has 0 bridgehead atoms. The van der Waals surface area contributed by atoms with Crippen molar-refractivity contribution < 1.29 is 9.90 Å². The van der Waals surface area contributed by atoms with Crippen molar-refractivity contribution in [1.29, 1.82) is 0 Å². The maximum atomic E-state index is 11.3. The minimum atomic E-state index is -0.929. The second kappa shape index (κ2) is 6.37. The van der Waals surface area contributed by atoms with Gasteiger partial charge in [-0.3, -0.25) is 0 Å². The number of carboxylic acid groups (broad SMARTS) is 1. The van der Waals surface area contributed by atoms with Crippen molar-refractivity contribution in [2.24, 2.45) is 0 Å². The van der Waals surface area contributed by atoms with E-state index >= 15 is 0 Å². The van der Waals surface area contributed by atoms with E-state index in [1.807, 2.05) is 10.7 Å². The lowest BCUT2D eigenvalue weighted by atomic mass is 10.1. The molecule has 0 unspecified atom stereocenters. The van der Waals surface area contributed by atoms with Crippen molar-refractivity contribution in [3.05, 3.63) is 52.4 Å². The van der Waals surface area contributed by atoms with Crippen molar-refractivity contribution in [1.82, 2.24) is 9.78 Å². The molecule has 1 aliphatic heterocycles. The fourth-order valence-electron chi connectivity index (χ4n) is 3.22. The lowest BCUT2D eigenvalue weighted by Crippen LogP contribution is -2.08. The van der Waals surface area contributed by atoms with Gasteiger partial charge in [0.1, 0.15) is 11.5 Å². The van der Waals surface area contributed by atoms with Crippen molar-refractivity contribution in [2.45, 2.75) is 26.2 Å². The Morgan fingerprint density at radius 1 is 1.28 bits per heavy atom. The van der Waals surface area contributed by atoms with Crippen molar-refractivity contribution in [3.8, 4) is 16.3 Å². The molecule has 0 atom stereocenters. The molecule has 6 heteroatoms. The van der Waals surface area contributed by atoms with E-state index in [4.69, 9.17) is 5.10 Å². The summed E-state index contributed by atoms with van der Waals surface area (Å²) in [6, 6.07) is 11.2. The van der Waals surface area contributed by atoms with Crippen LogP contribution in [0.15, 0.2) is 36.4 Å². The molecule has 0 spiro atoms. The number of aryl methyl sites for hydroxylation is 1. The molecule has 0 fully saturated rings. The molecule has 0 saturated heterocycles. The second-order valence-corrected chi connectivity index (χ2v) is 7.53. The Bertz CT molecular complexity index is 942. The molecule has 4 rings (SSSR count). The average molecular weight is 353 g/mol. The zero-order valence-corrected chi connectivity index (χ0v) is 14.8. The summed E-state index contributed by atoms with van der Waals surface area (Å²) in [6.45, 7) is 3.00. The van der Waals surface area contributed by atoms with Gasteiger partial charge in [-0.2, -0.15) is 5.10 Å². The Hall–Kier alpha value is -2.60. The van der Waals surface area contributed by atoms with Crippen LogP contribution in [0.1, 0.15) is 33.6 Å². The summed E-state index contributed by atoms with van der Waals surface area (Å²) >= 11 is 1.74. The number of anilines is 1. The predicted octanol–water partition coefficient (Wildman–Crippen LogP) is 4.36. The SMILES string of the molecule is Cc1ccc(-c2nn(-c3cccc(C(=O)O)c3)c3c2CCCCN3)s1. The molecule has 2 N–H and O–H groups in total. The van der Waals surface area contributed by atoms with Gasteiger partial charge in [0, 0.05) is 17.0 Å². The Morgan fingerprint density at radius 2 is 2.16 bits per heavy atom. The Balaban J connectivity index is 1.89. The third kappa shape index (κ3) is 2.93. The van der Waals surface area contributed by atoms with E-state index in [1.54, 1.807) is 29.5 Å². The monoisotopic (exact) mass is 353 g/mol. The van der Waals surface area contributed by atoms with Gasteiger partial charge >= 0.3 is 5.97 Å². The van der Waals surface area contributed by atoms with Crippen LogP contribution in [0.4, 0.5) is 5.82 Å². The summed E-state index contributed by atoms with van der Waals surface area (Å²) in [7, 11) is 0. The molecule has 25 heavy (non-hydrogen) atoms. The minimum absolute atomic E-state index is 0.267. The predicted molar refractivity (Wildman–Crippen MR) is 100 cm³/mol. The summed E-state index contributed by atoms with van der Waals surface area (Å²) in [4.78, 5) is 13.7. The summed E-state index contributed by atoms with van der Waals surface area (Å²) in [6.07, 6.45) is 3.22. The lowest BCUT2D eigenvalue weighted by Gasteiger charge is -2.09. The van der Waals surface area contributed by atoms with Crippen LogP contribution in [0.5, 0.6) is 0 Å².